The lowest BCUT2D eigenvalue weighted by Gasteiger charge is -2.03. The monoisotopic (exact) mass is 208 g/mol. The minimum absolute atomic E-state index is 0.146. The molecule has 0 aliphatic rings. The van der Waals surface area contributed by atoms with Gasteiger partial charge in [0.25, 0.3) is 5.69 Å². The van der Waals surface area contributed by atoms with Crippen LogP contribution in [-0.2, 0) is 6.54 Å². The summed E-state index contributed by atoms with van der Waals surface area (Å²) in [5.41, 5.74) is 1.23. The zero-order valence-corrected chi connectivity index (χ0v) is 8.90. The molecule has 0 aromatic heterocycles. The maximum Gasteiger partial charge on any atom is 0.269 e. The first-order valence-corrected chi connectivity index (χ1v) is 5.18. The molecule has 0 aliphatic heterocycles. The Balaban J connectivity index is 2.39. The first-order chi connectivity index (χ1) is 7.24. The lowest BCUT2D eigenvalue weighted by molar-refractivity contribution is -0.384. The number of nitro groups is 1. The summed E-state index contributed by atoms with van der Waals surface area (Å²) in [6, 6.07) is 6.65. The van der Waals surface area contributed by atoms with E-state index in [2.05, 4.69) is 12.2 Å². The molecule has 0 saturated heterocycles. The van der Waals surface area contributed by atoms with Gasteiger partial charge in [0.05, 0.1) is 4.92 Å². The van der Waals surface area contributed by atoms with Crippen LogP contribution in [0.15, 0.2) is 24.3 Å². The summed E-state index contributed by atoms with van der Waals surface area (Å²) in [5.74, 6) is 0. The van der Waals surface area contributed by atoms with Gasteiger partial charge in [0, 0.05) is 18.7 Å². The Hall–Kier alpha value is -1.42. The van der Waals surface area contributed by atoms with Crippen LogP contribution in [0.1, 0.15) is 25.3 Å². The molecule has 0 bridgehead atoms. The lowest BCUT2D eigenvalue weighted by atomic mass is 10.2. The fourth-order valence-electron chi connectivity index (χ4n) is 1.27. The van der Waals surface area contributed by atoms with Crippen molar-refractivity contribution in [3.8, 4) is 0 Å². The van der Waals surface area contributed by atoms with Crippen molar-refractivity contribution in [3.63, 3.8) is 0 Å². The SMILES string of the molecule is CCCCNCc1ccc([N+](=O)[O-])cc1. The van der Waals surface area contributed by atoms with Crippen molar-refractivity contribution in [2.75, 3.05) is 6.54 Å². The van der Waals surface area contributed by atoms with Gasteiger partial charge in [-0.15, -0.1) is 0 Å². The molecule has 1 N–H and O–H groups in total. The van der Waals surface area contributed by atoms with Gasteiger partial charge in [-0.3, -0.25) is 10.1 Å². The summed E-state index contributed by atoms with van der Waals surface area (Å²) in [4.78, 5) is 10.0. The van der Waals surface area contributed by atoms with Crippen LogP contribution in [-0.4, -0.2) is 11.5 Å². The van der Waals surface area contributed by atoms with E-state index in [1.54, 1.807) is 12.1 Å². The Morgan fingerprint density at radius 3 is 2.53 bits per heavy atom. The van der Waals surface area contributed by atoms with E-state index >= 15 is 0 Å². The molecule has 0 saturated carbocycles. The molecule has 1 aromatic carbocycles. The highest BCUT2D eigenvalue weighted by atomic mass is 16.6. The normalized spacial score (nSPS) is 10.2. The van der Waals surface area contributed by atoms with Gasteiger partial charge in [-0.2, -0.15) is 0 Å². The second-order valence-corrected chi connectivity index (χ2v) is 3.45. The highest BCUT2D eigenvalue weighted by Gasteiger charge is 2.02. The quantitative estimate of drug-likeness (QED) is 0.444. The first kappa shape index (κ1) is 11.7. The molecule has 0 spiro atoms. The van der Waals surface area contributed by atoms with Crippen LogP contribution in [0, 0.1) is 10.1 Å². The molecular formula is C11H16N2O2. The van der Waals surface area contributed by atoms with Crippen LogP contribution in [0.4, 0.5) is 5.69 Å². The number of nitrogens with zero attached hydrogens (tertiary/aromatic N) is 1. The van der Waals surface area contributed by atoms with Crippen molar-refractivity contribution < 1.29 is 4.92 Å². The van der Waals surface area contributed by atoms with Crippen LogP contribution in [0.2, 0.25) is 0 Å². The zero-order chi connectivity index (χ0) is 11.1. The van der Waals surface area contributed by atoms with Crippen LogP contribution in [0.25, 0.3) is 0 Å². The van der Waals surface area contributed by atoms with Gasteiger partial charge in [0.1, 0.15) is 0 Å². The predicted octanol–water partition coefficient (Wildman–Crippen LogP) is 2.48. The van der Waals surface area contributed by atoms with Crippen molar-refractivity contribution in [3.05, 3.63) is 39.9 Å². The average Bonchev–Trinajstić information content (AvgIpc) is 2.25. The molecule has 0 aliphatic carbocycles. The standard InChI is InChI=1S/C11H16N2O2/c1-2-3-8-12-9-10-4-6-11(7-5-10)13(14)15/h4-7,12H,2-3,8-9H2,1H3. The first-order valence-electron chi connectivity index (χ1n) is 5.18. The van der Waals surface area contributed by atoms with E-state index in [1.165, 1.54) is 18.6 Å². The summed E-state index contributed by atoms with van der Waals surface area (Å²) in [6.45, 7) is 3.92. The van der Waals surface area contributed by atoms with E-state index in [0.717, 1.165) is 25.1 Å². The molecule has 1 rings (SSSR count). The number of hydrogen-bond donors (Lipinski definition) is 1. The maximum absolute atomic E-state index is 10.4. The van der Waals surface area contributed by atoms with Crippen molar-refractivity contribution in [2.24, 2.45) is 0 Å². The second-order valence-electron chi connectivity index (χ2n) is 3.45. The number of non-ortho nitro benzene ring substituents is 1. The molecule has 0 heterocycles. The van der Waals surface area contributed by atoms with Gasteiger partial charge >= 0.3 is 0 Å². The minimum Gasteiger partial charge on any atom is -0.313 e. The maximum atomic E-state index is 10.4. The van der Waals surface area contributed by atoms with Crippen LogP contribution < -0.4 is 5.32 Å². The van der Waals surface area contributed by atoms with Crippen molar-refractivity contribution in [1.82, 2.24) is 5.32 Å². The van der Waals surface area contributed by atoms with Crippen molar-refractivity contribution in [1.29, 1.82) is 0 Å². The van der Waals surface area contributed by atoms with Crippen LogP contribution in [0.5, 0.6) is 0 Å². The number of nitro benzene ring substituents is 1. The molecule has 0 atom stereocenters. The van der Waals surface area contributed by atoms with Gasteiger partial charge in [-0.25, -0.2) is 0 Å². The molecule has 0 radical (unpaired) electrons. The Morgan fingerprint density at radius 2 is 2.00 bits per heavy atom. The van der Waals surface area contributed by atoms with Gasteiger partial charge in [-0.1, -0.05) is 25.5 Å². The van der Waals surface area contributed by atoms with Crippen molar-refractivity contribution in [2.45, 2.75) is 26.3 Å². The highest BCUT2D eigenvalue weighted by molar-refractivity contribution is 5.32. The Bertz CT molecular complexity index is 309. The number of benzene rings is 1. The topological polar surface area (TPSA) is 55.2 Å². The van der Waals surface area contributed by atoms with E-state index in [4.69, 9.17) is 0 Å². The fraction of sp³-hybridized carbons (Fsp3) is 0.455. The summed E-state index contributed by atoms with van der Waals surface area (Å²) in [6.07, 6.45) is 2.33. The smallest absolute Gasteiger partial charge is 0.269 e. The number of rotatable bonds is 6. The number of unbranched alkanes of at least 4 members (excludes halogenated alkanes) is 1. The summed E-state index contributed by atoms with van der Waals surface area (Å²) < 4.78 is 0. The molecule has 4 heteroatoms. The molecular weight excluding hydrogens is 192 g/mol. The van der Waals surface area contributed by atoms with Crippen LogP contribution in [0.3, 0.4) is 0 Å². The predicted molar refractivity (Wildman–Crippen MR) is 59.7 cm³/mol. The Labute approximate surface area is 89.5 Å². The van der Waals surface area contributed by atoms with Crippen molar-refractivity contribution >= 4 is 5.69 Å². The zero-order valence-electron chi connectivity index (χ0n) is 8.90. The molecule has 0 amide bonds. The third-order valence-electron chi connectivity index (χ3n) is 2.18. The molecule has 0 fully saturated rings. The Kier molecular flexibility index (Phi) is 4.77. The summed E-state index contributed by atoms with van der Waals surface area (Å²) in [5, 5.41) is 13.7. The van der Waals surface area contributed by atoms with Gasteiger partial charge < -0.3 is 5.32 Å². The summed E-state index contributed by atoms with van der Waals surface area (Å²) in [7, 11) is 0. The van der Waals surface area contributed by atoms with Gasteiger partial charge in [0.15, 0.2) is 0 Å². The van der Waals surface area contributed by atoms with E-state index < -0.39 is 0 Å². The highest BCUT2D eigenvalue weighted by Crippen LogP contribution is 2.11. The molecule has 15 heavy (non-hydrogen) atoms. The fourth-order valence-corrected chi connectivity index (χ4v) is 1.27. The third kappa shape index (κ3) is 4.08. The average molecular weight is 208 g/mol. The minimum atomic E-state index is -0.381. The second kappa shape index (κ2) is 6.14. The third-order valence-corrected chi connectivity index (χ3v) is 2.18. The summed E-state index contributed by atoms with van der Waals surface area (Å²) >= 11 is 0. The molecule has 1 aromatic rings. The van der Waals surface area contributed by atoms with Gasteiger partial charge in [0.2, 0.25) is 0 Å². The Morgan fingerprint density at radius 1 is 1.33 bits per heavy atom. The molecule has 0 unspecified atom stereocenters. The molecule has 82 valence electrons. The van der Waals surface area contributed by atoms with Crippen LogP contribution >= 0.6 is 0 Å². The number of hydrogen-bond acceptors (Lipinski definition) is 3. The largest absolute Gasteiger partial charge is 0.313 e. The van der Waals surface area contributed by atoms with E-state index in [1.807, 2.05) is 0 Å². The van der Waals surface area contributed by atoms with E-state index in [0.29, 0.717) is 0 Å². The number of nitrogens with one attached hydrogen (secondary N) is 1. The van der Waals surface area contributed by atoms with Gasteiger partial charge in [-0.05, 0) is 18.5 Å². The van der Waals surface area contributed by atoms with E-state index in [-0.39, 0.29) is 10.6 Å². The lowest BCUT2D eigenvalue weighted by Crippen LogP contribution is -2.14. The molecule has 4 nitrogen and oxygen atoms in total. The van der Waals surface area contributed by atoms with E-state index in [9.17, 15) is 10.1 Å².